The van der Waals surface area contributed by atoms with Crippen LogP contribution in [0.1, 0.15) is 100 Å². The summed E-state index contributed by atoms with van der Waals surface area (Å²) in [6.07, 6.45) is 8.17. The minimum atomic E-state index is -3.42. The van der Waals surface area contributed by atoms with Crippen molar-refractivity contribution in [1.29, 1.82) is 0 Å². The molecule has 2 amide bonds. The third-order valence-electron chi connectivity index (χ3n) is 8.54. The third-order valence-corrected chi connectivity index (χ3v) is 8.54. The van der Waals surface area contributed by atoms with E-state index in [1.54, 1.807) is 37.3 Å². The zero-order chi connectivity index (χ0) is 38.3. The molecule has 282 valence electrons. The van der Waals surface area contributed by atoms with Gasteiger partial charge >= 0.3 is 6.11 Å². The van der Waals surface area contributed by atoms with Gasteiger partial charge in [0, 0.05) is 81.0 Å². The second-order valence-electron chi connectivity index (χ2n) is 13.1. The summed E-state index contributed by atoms with van der Waals surface area (Å²) in [6, 6.07) is 10.8. The van der Waals surface area contributed by atoms with Crippen molar-refractivity contribution in [3.05, 3.63) is 76.1 Å². The highest BCUT2D eigenvalue weighted by molar-refractivity contribution is 6.03. The summed E-state index contributed by atoms with van der Waals surface area (Å²) in [6.45, 7) is 9.19. The number of nitrogens with zero attached hydrogens (tertiary/aromatic N) is 3. The number of nitrogens with one attached hydrogen (secondary N) is 2. The Morgan fingerprint density at radius 1 is 1.02 bits per heavy atom. The summed E-state index contributed by atoms with van der Waals surface area (Å²) < 4.78 is 33.9. The molecule has 1 aliphatic heterocycles. The Balaban J connectivity index is 0.00000140. The zero-order valence-electron chi connectivity index (χ0n) is 32.8. The Hall–Kier alpha value is -4.18. The number of hydrogen-bond donors (Lipinski definition) is 2. The molecule has 1 heterocycles. The maximum absolute atomic E-state index is 14.4. The van der Waals surface area contributed by atoms with Crippen molar-refractivity contribution in [2.24, 2.45) is 5.92 Å². The lowest BCUT2D eigenvalue weighted by Crippen LogP contribution is -2.36. The van der Waals surface area contributed by atoms with Gasteiger partial charge in [-0.05, 0) is 88.7 Å². The van der Waals surface area contributed by atoms with Crippen LogP contribution in [-0.4, -0.2) is 83.1 Å². The second kappa shape index (κ2) is 20.6. The van der Waals surface area contributed by atoms with Crippen molar-refractivity contribution in [3.8, 4) is 5.75 Å². The number of hydrogen-bond acceptors (Lipinski definition) is 6. The van der Waals surface area contributed by atoms with E-state index in [4.69, 9.17) is 4.74 Å². The first-order chi connectivity index (χ1) is 24.2. The van der Waals surface area contributed by atoms with Crippen molar-refractivity contribution in [1.82, 2.24) is 20.4 Å². The van der Waals surface area contributed by atoms with Gasteiger partial charge in [-0.15, -0.1) is 0 Å². The molecule has 0 spiro atoms. The topological polar surface area (TPSA) is 77.1 Å². The summed E-state index contributed by atoms with van der Waals surface area (Å²) >= 11 is 0. The molecule has 8 nitrogen and oxygen atoms in total. The fourth-order valence-corrected chi connectivity index (χ4v) is 6.38. The van der Waals surface area contributed by atoms with E-state index >= 15 is 0 Å². The van der Waals surface area contributed by atoms with Crippen molar-refractivity contribution in [3.63, 3.8) is 0 Å². The van der Waals surface area contributed by atoms with E-state index in [0.29, 0.717) is 42.2 Å². The molecule has 2 N–H and O–H groups in total. The first kappa shape index (κ1) is 43.0. The maximum Gasteiger partial charge on any atom is 0.394 e. The van der Waals surface area contributed by atoms with Crippen LogP contribution in [0.4, 0.5) is 14.5 Å². The molecule has 51 heavy (non-hydrogen) atoms. The lowest BCUT2D eigenvalue weighted by molar-refractivity contribution is -0.159. The molecule has 1 fully saturated rings. The van der Waals surface area contributed by atoms with Gasteiger partial charge in [0.1, 0.15) is 5.75 Å². The molecular formula is C41H61F2N5O3. The molecule has 0 atom stereocenters. The van der Waals surface area contributed by atoms with Crippen molar-refractivity contribution >= 4 is 35.2 Å². The molecule has 0 unspecified atom stereocenters. The van der Waals surface area contributed by atoms with E-state index < -0.39 is 6.11 Å². The smallest absolute Gasteiger partial charge is 0.394 e. The average Bonchev–Trinajstić information content (AvgIpc) is 3.10. The van der Waals surface area contributed by atoms with Crippen LogP contribution >= 0.6 is 0 Å². The Kier molecular flexibility index (Phi) is 17.4. The molecule has 0 radical (unpaired) electrons. The van der Waals surface area contributed by atoms with Gasteiger partial charge in [0.15, 0.2) is 0 Å². The number of anilines is 1. The van der Waals surface area contributed by atoms with Crippen LogP contribution in [0.3, 0.4) is 0 Å². The predicted octanol–water partition coefficient (Wildman–Crippen LogP) is 8.52. The zero-order valence-corrected chi connectivity index (χ0v) is 32.8. The molecule has 2 aromatic carbocycles. The van der Waals surface area contributed by atoms with Gasteiger partial charge in [-0.1, -0.05) is 64.3 Å². The van der Waals surface area contributed by atoms with Crippen LogP contribution in [0.15, 0.2) is 53.9 Å². The van der Waals surface area contributed by atoms with E-state index in [9.17, 15) is 18.4 Å². The highest BCUT2D eigenvalue weighted by Crippen LogP contribution is 2.43. The van der Waals surface area contributed by atoms with E-state index in [0.717, 1.165) is 48.2 Å². The molecular weight excluding hydrogens is 648 g/mol. The summed E-state index contributed by atoms with van der Waals surface area (Å²) in [5, 5.41) is 5.74. The lowest BCUT2D eigenvalue weighted by Gasteiger charge is -2.32. The van der Waals surface area contributed by atoms with Gasteiger partial charge in [0.2, 0.25) is 0 Å². The Labute approximate surface area is 305 Å². The van der Waals surface area contributed by atoms with Gasteiger partial charge in [0.05, 0.1) is 0 Å². The first-order valence-corrected chi connectivity index (χ1v) is 18.2. The second-order valence-corrected chi connectivity index (χ2v) is 13.1. The van der Waals surface area contributed by atoms with Gasteiger partial charge in [-0.25, -0.2) is 0 Å². The minimum Gasteiger partial charge on any atom is -0.432 e. The summed E-state index contributed by atoms with van der Waals surface area (Å²) in [4.78, 5) is 32.8. The van der Waals surface area contributed by atoms with Crippen molar-refractivity contribution in [2.75, 3.05) is 60.3 Å². The quantitative estimate of drug-likeness (QED) is 0.272. The SMILES string of the molecule is CC.CC/C(=C\NC)N(CC)C(=O)/C1=C/c2c(cccc2OC(C)(F)F)/C=C(\C2CCCCC2)c2ccc(C(=O)NC)cc2N(C)C1.CN(C)C. The van der Waals surface area contributed by atoms with Crippen LogP contribution in [-0.2, 0) is 4.79 Å². The number of likely N-dealkylation sites (N-methyl/N-ethyl adjacent to an activating group) is 2. The molecule has 0 aromatic heterocycles. The predicted molar refractivity (Wildman–Crippen MR) is 209 cm³/mol. The highest BCUT2D eigenvalue weighted by atomic mass is 19.3. The minimum absolute atomic E-state index is 0.00693. The van der Waals surface area contributed by atoms with Crippen LogP contribution in [0.2, 0.25) is 0 Å². The van der Waals surface area contributed by atoms with E-state index in [1.807, 2.05) is 90.0 Å². The molecule has 2 aromatic rings. The van der Waals surface area contributed by atoms with Crippen LogP contribution < -0.4 is 20.3 Å². The fraction of sp³-hybridized carbons (Fsp3) is 0.512. The van der Waals surface area contributed by atoms with Crippen LogP contribution in [0, 0.1) is 5.92 Å². The van der Waals surface area contributed by atoms with Crippen LogP contribution in [0.25, 0.3) is 17.7 Å². The van der Waals surface area contributed by atoms with Crippen molar-refractivity contribution in [2.45, 2.75) is 79.3 Å². The molecule has 1 saturated carbocycles. The molecule has 0 saturated heterocycles. The number of benzene rings is 2. The number of alkyl halides is 2. The fourth-order valence-electron chi connectivity index (χ4n) is 6.38. The van der Waals surface area contributed by atoms with Crippen molar-refractivity contribution < 1.29 is 23.1 Å². The lowest BCUT2D eigenvalue weighted by atomic mass is 9.79. The monoisotopic (exact) mass is 709 g/mol. The average molecular weight is 710 g/mol. The highest BCUT2D eigenvalue weighted by Gasteiger charge is 2.30. The van der Waals surface area contributed by atoms with Gasteiger partial charge < -0.3 is 30.1 Å². The first-order valence-electron chi connectivity index (χ1n) is 18.2. The number of ether oxygens (including phenoxy) is 1. The van der Waals surface area contributed by atoms with Gasteiger partial charge in [-0.2, -0.15) is 8.78 Å². The molecule has 0 bridgehead atoms. The number of fused-ring (bicyclic) bond motifs is 2. The van der Waals surface area contributed by atoms with Crippen LogP contribution in [0.5, 0.6) is 5.75 Å². The van der Waals surface area contributed by atoms with E-state index in [1.165, 1.54) is 12.5 Å². The Morgan fingerprint density at radius 3 is 2.22 bits per heavy atom. The number of carbonyl (C=O) groups is 2. The standard InChI is InChI=1S/C36H46F2N4O3.C3H9N.C2H6/c1-7-28(22-39-4)42(8-2)35(44)27-20-31-25(15-12-16-33(31)45-36(3,37)38)19-30(24-13-10-9-11-14-24)29-18-17-26(34(43)40-5)21-32(29)41(6)23-27;1-4(2)3;1-2/h12,15-22,24,39H,7-11,13-14,23H2,1-6H3,(H,40,43);1-3H3;1-2H3/b27-20+,28-22+,30-19+;;. The molecule has 4 rings (SSSR count). The number of carbonyl (C=O) groups excluding carboxylic acids is 2. The number of halogens is 2. The van der Waals surface area contributed by atoms with E-state index in [2.05, 4.69) is 16.7 Å². The normalized spacial score (nSPS) is 17.1. The molecule has 1 aliphatic carbocycles. The summed E-state index contributed by atoms with van der Waals surface area (Å²) in [7, 11) is 11.3. The third kappa shape index (κ3) is 12.2. The van der Waals surface area contributed by atoms with Gasteiger partial charge in [0.25, 0.3) is 11.8 Å². The summed E-state index contributed by atoms with van der Waals surface area (Å²) in [5.74, 6) is -0.182. The number of rotatable bonds is 9. The Morgan fingerprint density at radius 2 is 1.67 bits per heavy atom. The van der Waals surface area contributed by atoms with Gasteiger partial charge in [-0.3, -0.25) is 9.59 Å². The maximum atomic E-state index is 14.4. The van der Waals surface area contributed by atoms with E-state index in [-0.39, 0.29) is 30.0 Å². The number of amides is 2. The number of allylic oxidation sites excluding steroid dienone is 2. The summed E-state index contributed by atoms with van der Waals surface area (Å²) in [5.41, 5.74) is 5.72. The molecule has 10 heteroatoms. The largest absolute Gasteiger partial charge is 0.432 e. The molecule has 2 aliphatic rings. The Bertz CT molecular complexity index is 1540.